The van der Waals surface area contributed by atoms with E-state index in [1.54, 1.807) is 7.05 Å². The number of halogens is 1. The maximum atomic E-state index is 11.3. The molecule has 1 saturated heterocycles. The number of hydrogen-bond donors (Lipinski definition) is 2. The van der Waals surface area contributed by atoms with Crippen LogP contribution in [0.5, 0.6) is 0 Å². The van der Waals surface area contributed by atoms with Crippen LogP contribution < -0.4 is 10.0 Å². The summed E-state index contributed by atoms with van der Waals surface area (Å²) in [5, 5.41) is 3.26. The van der Waals surface area contributed by atoms with Gasteiger partial charge in [0.25, 0.3) is 0 Å². The van der Waals surface area contributed by atoms with Crippen molar-refractivity contribution in [2.75, 3.05) is 32.9 Å². The molecule has 1 aliphatic heterocycles. The van der Waals surface area contributed by atoms with Crippen molar-refractivity contribution in [2.24, 2.45) is 10.4 Å². The van der Waals surface area contributed by atoms with Crippen molar-refractivity contribution in [1.82, 2.24) is 14.9 Å². The van der Waals surface area contributed by atoms with Gasteiger partial charge in [0.2, 0.25) is 10.0 Å². The highest BCUT2D eigenvalue weighted by molar-refractivity contribution is 14.0. The van der Waals surface area contributed by atoms with Crippen molar-refractivity contribution >= 4 is 40.0 Å². The molecular weight excluding hydrogens is 403 g/mol. The summed E-state index contributed by atoms with van der Waals surface area (Å²) < 4.78 is 25.3. The number of hydrogen-bond acceptors (Lipinski definition) is 3. The molecular formula is C13H29IN4O2S. The molecule has 2 N–H and O–H groups in total. The summed E-state index contributed by atoms with van der Waals surface area (Å²) in [5.74, 6) is 0.832. The Morgan fingerprint density at radius 3 is 2.33 bits per heavy atom. The Hall–Kier alpha value is -0.0900. The molecule has 0 bridgehead atoms. The number of rotatable bonds is 4. The smallest absolute Gasteiger partial charge is 0.209 e. The standard InChI is InChI=1S/C13H28N4O2S.HI/c1-12(2)7-8-17(10-12)11(14-5)15-9-13(3,4)16-20(6,18)19;/h16H,7-10H2,1-6H3,(H,14,15);1H. The number of nitrogens with one attached hydrogen (secondary N) is 2. The van der Waals surface area contributed by atoms with Crippen LogP contribution in [0.15, 0.2) is 4.99 Å². The Kier molecular flexibility index (Phi) is 7.42. The fraction of sp³-hybridized carbons (Fsp3) is 0.923. The van der Waals surface area contributed by atoms with Crippen molar-refractivity contribution in [1.29, 1.82) is 0 Å². The van der Waals surface area contributed by atoms with Gasteiger partial charge in [0, 0.05) is 32.2 Å². The Morgan fingerprint density at radius 1 is 1.38 bits per heavy atom. The molecule has 0 aromatic rings. The molecule has 0 aromatic heterocycles. The summed E-state index contributed by atoms with van der Waals surface area (Å²) >= 11 is 0. The predicted octanol–water partition coefficient (Wildman–Crippen LogP) is 1.24. The number of guanidine groups is 1. The zero-order valence-corrected chi connectivity index (χ0v) is 17.0. The molecule has 1 rings (SSSR count). The third kappa shape index (κ3) is 7.64. The Morgan fingerprint density at radius 2 is 1.95 bits per heavy atom. The topological polar surface area (TPSA) is 73.8 Å². The SMILES string of the molecule is CN=C(NCC(C)(C)NS(C)(=O)=O)N1CCC(C)(C)C1.I. The number of aliphatic imine (C=N–C) groups is 1. The molecule has 0 unspecified atom stereocenters. The molecule has 0 atom stereocenters. The van der Waals surface area contributed by atoms with E-state index in [-0.39, 0.29) is 24.0 Å². The molecule has 126 valence electrons. The second-order valence-electron chi connectivity index (χ2n) is 6.99. The quantitative estimate of drug-likeness (QED) is 0.398. The molecule has 0 saturated carbocycles. The van der Waals surface area contributed by atoms with Gasteiger partial charge in [0.1, 0.15) is 0 Å². The fourth-order valence-electron chi connectivity index (χ4n) is 2.46. The van der Waals surface area contributed by atoms with Gasteiger partial charge in [-0.3, -0.25) is 4.99 Å². The first-order valence-corrected chi connectivity index (χ1v) is 8.78. The molecule has 0 aromatic carbocycles. The Bertz CT molecular complexity index is 475. The summed E-state index contributed by atoms with van der Waals surface area (Å²) in [6, 6.07) is 0. The van der Waals surface area contributed by atoms with Crippen molar-refractivity contribution in [3.05, 3.63) is 0 Å². The average Bonchev–Trinajstić information content (AvgIpc) is 2.56. The second-order valence-corrected chi connectivity index (χ2v) is 8.74. The molecule has 1 fully saturated rings. The summed E-state index contributed by atoms with van der Waals surface area (Å²) in [4.78, 5) is 6.51. The number of nitrogens with zero attached hydrogens (tertiary/aromatic N) is 2. The molecule has 1 heterocycles. The van der Waals surface area contributed by atoms with E-state index >= 15 is 0 Å². The van der Waals surface area contributed by atoms with E-state index in [2.05, 4.69) is 33.8 Å². The maximum absolute atomic E-state index is 11.3. The largest absolute Gasteiger partial charge is 0.354 e. The molecule has 0 radical (unpaired) electrons. The summed E-state index contributed by atoms with van der Waals surface area (Å²) in [6.45, 7) is 10.6. The van der Waals surface area contributed by atoms with Gasteiger partial charge >= 0.3 is 0 Å². The normalized spacial score (nSPS) is 19.3. The van der Waals surface area contributed by atoms with Gasteiger partial charge in [-0.2, -0.15) is 0 Å². The molecule has 0 amide bonds. The van der Waals surface area contributed by atoms with Gasteiger partial charge in [0.05, 0.1) is 6.26 Å². The van der Waals surface area contributed by atoms with E-state index in [1.165, 1.54) is 6.26 Å². The molecule has 0 aliphatic carbocycles. The van der Waals surface area contributed by atoms with E-state index in [0.29, 0.717) is 12.0 Å². The lowest BCUT2D eigenvalue weighted by Crippen LogP contribution is -2.53. The lowest BCUT2D eigenvalue weighted by atomic mass is 9.93. The minimum Gasteiger partial charge on any atom is -0.354 e. The van der Waals surface area contributed by atoms with Crippen molar-refractivity contribution in [3.8, 4) is 0 Å². The van der Waals surface area contributed by atoms with Crippen LogP contribution in [-0.2, 0) is 10.0 Å². The highest BCUT2D eigenvalue weighted by atomic mass is 127. The van der Waals surface area contributed by atoms with Crippen LogP contribution in [0.3, 0.4) is 0 Å². The molecule has 1 aliphatic rings. The van der Waals surface area contributed by atoms with Crippen LogP contribution in [0.2, 0.25) is 0 Å². The maximum Gasteiger partial charge on any atom is 0.209 e. The third-order valence-corrected chi connectivity index (χ3v) is 4.26. The van der Waals surface area contributed by atoms with Crippen LogP contribution in [0.4, 0.5) is 0 Å². The van der Waals surface area contributed by atoms with Gasteiger partial charge in [-0.15, -0.1) is 24.0 Å². The molecule has 21 heavy (non-hydrogen) atoms. The number of likely N-dealkylation sites (tertiary alicyclic amines) is 1. The summed E-state index contributed by atoms with van der Waals surface area (Å²) in [7, 11) is -1.46. The fourth-order valence-corrected chi connectivity index (χ4v) is 3.54. The molecule has 6 nitrogen and oxygen atoms in total. The molecule has 0 spiro atoms. The highest BCUT2D eigenvalue weighted by Gasteiger charge is 2.31. The van der Waals surface area contributed by atoms with E-state index in [1.807, 2.05) is 13.8 Å². The van der Waals surface area contributed by atoms with Gasteiger partial charge in [0.15, 0.2) is 5.96 Å². The number of sulfonamides is 1. The Balaban J connectivity index is 0.00000400. The lowest BCUT2D eigenvalue weighted by molar-refractivity contribution is 0.365. The van der Waals surface area contributed by atoms with Gasteiger partial charge in [-0.1, -0.05) is 13.8 Å². The second kappa shape index (κ2) is 7.45. The summed E-state index contributed by atoms with van der Waals surface area (Å²) in [6.07, 6.45) is 2.31. The first kappa shape index (κ1) is 20.9. The van der Waals surface area contributed by atoms with Crippen molar-refractivity contribution < 1.29 is 8.42 Å². The van der Waals surface area contributed by atoms with Gasteiger partial charge in [-0.25, -0.2) is 13.1 Å². The minimum absolute atomic E-state index is 0. The van der Waals surface area contributed by atoms with Crippen molar-refractivity contribution in [2.45, 2.75) is 39.7 Å². The highest BCUT2D eigenvalue weighted by Crippen LogP contribution is 2.28. The van der Waals surface area contributed by atoms with E-state index in [4.69, 9.17) is 0 Å². The first-order chi connectivity index (χ1) is 8.94. The van der Waals surface area contributed by atoms with E-state index in [0.717, 1.165) is 25.5 Å². The summed E-state index contributed by atoms with van der Waals surface area (Å²) in [5.41, 5.74) is -0.253. The predicted molar refractivity (Wildman–Crippen MR) is 98.8 cm³/mol. The lowest BCUT2D eigenvalue weighted by Gasteiger charge is -2.29. The minimum atomic E-state index is -3.22. The third-order valence-electron chi connectivity index (χ3n) is 3.34. The van der Waals surface area contributed by atoms with E-state index < -0.39 is 15.6 Å². The average molecular weight is 432 g/mol. The van der Waals surface area contributed by atoms with Crippen LogP contribution in [-0.4, -0.2) is 57.8 Å². The van der Waals surface area contributed by atoms with Crippen LogP contribution in [0, 0.1) is 5.41 Å². The van der Waals surface area contributed by atoms with Crippen LogP contribution in [0.25, 0.3) is 0 Å². The molecule has 8 heteroatoms. The Labute approximate surface area is 146 Å². The van der Waals surface area contributed by atoms with E-state index in [9.17, 15) is 8.42 Å². The van der Waals surface area contributed by atoms with Crippen molar-refractivity contribution in [3.63, 3.8) is 0 Å². The van der Waals surface area contributed by atoms with Gasteiger partial charge in [-0.05, 0) is 25.7 Å². The van der Waals surface area contributed by atoms with Crippen LogP contribution >= 0.6 is 24.0 Å². The monoisotopic (exact) mass is 432 g/mol. The van der Waals surface area contributed by atoms with Crippen LogP contribution in [0.1, 0.15) is 34.1 Å². The zero-order chi connectivity index (χ0) is 15.6. The van der Waals surface area contributed by atoms with Gasteiger partial charge < -0.3 is 10.2 Å². The first-order valence-electron chi connectivity index (χ1n) is 6.89. The zero-order valence-electron chi connectivity index (χ0n) is 13.9.